The molecule has 0 saturated heterocycles. The Bertz CT molecular complexity index is 2770. The largest absolute Gasteiger partial charge is 0.312 e. The maximum Gasteiger partial charge on any atom is 0.220 e. The van der Waals surface area contributed by atoms with Crippen LogP contribution >= 0.6 is 0 Å². The molecule has 9 aromatic rings. The zero-order chi connectivity index (χ0) is 34.3. The second-order valence-electron chi connectivity index (χ2n) is 14.6. The fraction of sp³-hybridized carbons (Fsp3) is 0.156. The first kappa shape index (κ1) is 32.9. The van der Waals surface area contributed by atoms with Gasteiger partial charge in [0.05, 0.1) is 11.0 Å². The van der Waals surface area contributed by atoms with Gasteiger partial charge in [-0.1, -0.05) is 91.6 Å². The first-order valence-corrected chi connectivity index (χ1v) is 17.3. The number of fused-ring (bicyclic) bond motifs is 6. The van der Waals surface area contributed by atoms with Gasteiger partial charge in [-0.25, -0.2) is 9.97 Å². The predicted octanol–water partition coefficient (Wildman–Crippen LogP) is 11.1. The molecule has 254 valence electrons. The molecule has 5 aromatic carbocycles. The molecule has 4 aromatic heterocycles. The number of hydrogen-bond donors (Lipinski definition) is 0. The van der Waals surface area contributed by atoms with E-state index >= 15 is 0 Å². The Balaban J connectivity index is 0.00000374. The molecule has 0 spiro atoms. The Kier molecular flexibility index (Phi) is 7.88. The van der Waals surface area contributed by atoms with E-state index < -0.39 is 0 Å². The van der Waals surface area contributed by atoms with Crippen molar-refractivity contribution in [2.45, 2.75) is 47.0 Å². The minimum atomic E-state index is 0. The van der Waals surface area contributed by atoms with Gasteiger partial charge in [-0.05, 0) is 79.9 Å². The Labute approximate surface area is 312 Å². The van der Waals surface area contributed by atoms with Gasteiger partial charge in [-0.2, -0.15) is 0 Å². The van der Waals surface area contributed by atoms with Gasteiger partial charge in [0, 0.05) is 60.7 Å². The Morgan fingerprint density at radius 1 is 0.627 bits per heavy atom. The van der Waals surface area contributed by atoms with Crippen LogP contribution in [0.5, 0.6) is 0 Å². The Morgan fingerprint density at radius 3 is 1.94 bits per heavy atom. The van der Waals surface area contributed by atoms with Crippen LogP contribution < -0.4 is 0 Å². The quantitative estimate of drug-likeness (QED) is 0.166. The first-order chi connectivity index (χ1) is 24.2. The molecule has 4 heterocycles. The van der Waals surface area contributed by atoms with E-state index in [1.165, 1.54) is 33.2 Å². The predicted molar refractivity (Wildman–Crippen MR) is 207 cm³/mol. The number of benzene rings is 5. The van der Waals surface area contributed by atoms with E-state index in [1.807, 2.05) is 12.4 Å². The zero-order valence-electron chi connectivity index (χ0n) is 29.6. The van der Waals surface area contributed by atoms with Crippen LogP contribution in [0.4, 0.5) is 0 Å². The summed E-state index contributed by atoms with van der Waals surface area (Å²) in [6.07, 6.45) is 3.92. The van der Waals surface area contributed by atoms with Gasteiger partial charge in [-0.15, -0.1) is 29.8 Å². The van der Waals surface area contributed by atoms with Crippen molar-refractivity contribution in [3.63, 3.8) is 0 Å². The van der Waals surface area contributed by atoms with Gasteiger partial charge < -0.3 is 4.57 Å². The normalized spacial score (nSPS) is 12.0. The number of rotatable bonds is 4. The summed E-state index contributed by atoms with van der Waals surface area (Å²) in [4.78, 5) is 10.6. The summed E-state index contributed by atoms with van der Waals surface area (Å²) in [5.74, 6) is 0.802. The molecule has 0 saturated carbocycles. The summed E-state index contributed by atoms with van der Waals surface area (Å²) < 4.78 is 6.66. The number of aryl methyl sites for hydroxylation is 3. The second kappa shape index (κ2) is 12.2. The first-order valence-electron chi connectivity index (χ1n) is 17.3. The van der Waals surface area contributed by atoms with Gasteiger partial charge in [0.2, 0.25) is 5.95 Å². The van der Waals surface area contributed by atoms with Crippen LogP contribution in [0.3, 0.4) is 0 Å². The van der Waals surface area contributed by atoms with E-state index in [9.17, 15) is 0 Å². The van der Waals surface area contributed by atoms with Crippen LogP contribution in [0.1, 0.15) is 43.0 Å². The Morgan fingerprint density at radius 2 is 1.27 bits per heavy atom. The average molecular weight is 844 g/mol. The smallest absolute Gasteiger partial charge is 0.220 e. The number of aromatic nitrogens is 5. The van der Waals surface area contributed by atoms with Crippen LogP contribution in [-0.2, 0) is 26.5 Å². The second-order valence-corrected chi connectivity index (χ2v) is 14.6. The van der Waals surface area contributed by atoms with E-state index in [0.717, 1.165) is 61.4 Å². The van der Waals surface area contributed by atoms with E-state index in [2.05, 4.69) is 171 Å². The van der Waals surface area contributed by atoms with Gasteiger partial charge >= 0.3 is 0 Å². The summed E-state index contributed by atoms with van der Waals surface area (Å²) in [6.45, 7) is 13.2. The minimum Gasteiger partial charge on any atom is -0.312 e. The molecule has 0 fully saturated rings. The molecule has 0 amide bonds. The number of hydrogen-bond acceptors (Lipinski definition) is 2. The standard InChI is InChI=1S/C45H38N5.Pt/c1-28-14-20-40-36(24-28)38-27-39-37-25-29(2)15-21-41(37)50(44-46-22-23-48(44)33-18-16-32(17-19-33)45(4,5)6)43(39)47-42(38)49(40)34-12-9-11-31(26-34)35-13-8-7-10-30(35)3;/h7-25,27H,1-6H3;/q-1;. The van der Waals surface area contributed by atoms with Crippen LogP contribution in [0.25, 0.3) is 72.3 Å². The van der Waals surface area contributed by atoms with E-state index in [4.69, 9.17) is 9.97 Å². The summed E-state index contributed by atoms with van der Waals surface area (Å²) in [6, 6.07) is 43.2. The van der Waals surface area contributed by atoms with Crippen molar-refractivity contribution in [3.05, 3.63) is 150 Å². The molecule has 6 heteroatoms. The SMILES string of the molecule is Cc1ccc2c(c1)c1cc3c4cc(C)ccc4n(-c4nccn4-c4ccc(C(C)(C)C)cc4)c3nc1n2-c1[c-]c(-c2ccccc2C)ccc1.[Pt]. The monoisotopic (exact) mass is 843 g/mol. The molecule has 0 aliphatic carbocycles. The molecule has 51 heavy (non-hydrogen) atoms. The third-order valence-electron chi connectivity index (χ3n) is 10.1. The molecule has 0 aliphatic rings. The summed E-state index contributed by atoms with van der Waals surface area (Å²) in [5.41, 5.74) is 13.2. The molecule has 9 rings (SSSR count). The van der Waals surface area contributed by atoms with Gasteiger partial charge in [0.1, 0.15) is 11.3 Å². The maximum atomic E-state index is 5.60. The molecular formula is C45H38N5Pt-. The fourth-order valence-corrected chi connectivity index (χ4v) is 7.43. The molecule has 0 unspecified atom stereocenters. The molecule has 0 bridgehead atoms. The molecule has 0 aliphatic heterocycles. The van der Waals surface area contributed by atoms with Gasteiger partial charge in [0.25, 0.3) is 0 Å². The van der Waals surface area contributed by atoms with E-state index in [-0.39, 0.29) is 26.5 Å². The van der Waals surface area contributed by atoms with Crippen molar-refractivity contribution in [1.29, 1.82) is 0 Å². The third kappa shape index (κ3) is 5.34. The van der Waals surface area contributed by atoms with Crippen LogP contribution in [0, 0.1) is 26.8 Å². The Hall–Kier alpha value is -5.25. The topological polar surface area (TPSA) is 40.6 Å². The van der Waals surface area contributed by atoms with Gasteiger partial charge in [-0.3, -0.25) is 9.13 Å². The third-order valence-corrected chi connectivity index (χ3v) is 10.1. The van der Waals surface area contributed by atoms with Crippen LogP contribution in [-0.4, -0.2) is 23.7 Å². The molecule has 0 atom stereocenters. The van der Waals surface area contributed by atoms with Crippen molar-refractivity contribution in [3.8, 4) is 28.5 Å². The minimum absolute atomic E-state index is 0. The van der Waals surface area contributed by atoms with Crippen molar-refractivity contribution < 1.29 is 21.1 Å². The summed E-state index contributed by atoms with van der Waals surface area (Å²) in [7, 11) is 0. The molecule has 0 radical (unpaired) electrons. The van der Waals surface area contributed by atoms with Crippen molar-refractivity contribution in [1.82, 2.24) is 23.7 Å². The maximum absolute atomic E-state index is 5.60. The number of pyridine rings is 1. The van der Waals surface area contributed by atoms with Crippen molar-refractivity contribution in [2.75, 3.05) is 0 Å². The average Bonchev–Trinajstić information content (AvgIpc) is 3.79. The number of imidazole rings is 1. The van der Waals surface area contributed by atoms with Crippen LogP contribution in [0.15, 0.2) is 122 Å². The zero-order valence-corrected chi connectivity index (χ0v) is 31.9. The summed E-state index contributed by atoms with van der Waals surface area (Å²) >= 11 is 0. The molecular weight excluding hydrogens is 806 g/mol. The van der Waals surface area contributed by atoms with E-state index in [1.54, 1.807) is 0 Å². The molecule has 0 N–H and O–H groups in total. The van der Waals surface area contributed by atoms with Crippen molar-refractivity contribution >= 4 is 43.9 Å². The van der Waals surface area contributed by atoms with Crippen LogP contribution in [0.2, 0.25) is 0 Å². The number of nitrogens with zero attached hydrogens (tertiary/aromatic N) is 5. The molecule has 5 nitrogen and oxygen atoms in total. The van der Waals surface area contributed by atoms with E-state index in [0.29, 0.717) is 0 Å². The van der Waals surface area contributed by atoms with Crippen molar-refractivity contribution in [2.24, 2.45) is 0 Å². The fourth-order valence-electron chi connectivity index (χ4n) is 7.43. The van der Waals surface area contributed by atoms with Gasteiger partial charge in [0.15, 0.2) is 0 Å². The summed E-state index contributed by atoms with van der Waals surface area (Å²) in [5, 5.41) is 4.56.